The van der Waals surface area contributed by atoms with Gasteiger partial charge in [0.1, 0.15) is 0 Å². The summed E-state index contributed by atoms with van der Waals surface area (Å²) in [5.41, 5.74) is 0. The van der Waals surface area contributed by atoms with Crippen LogP contribution in [0.25, 0.3) is 0 Å². The fourth-order valence-electron chi connectivity index (χ4n) is 0.576. The number of ether oxygens (including phenoxy) is 1. The Morgan fingerprint density at radius 3 is 1.62 bits per heavy atom. The van der Waals surface area contributed by atoms with Crippen molar-refractivity contribution in [3.05, 3.63) is 6.92 Å². The van der Waals surface area contributed by atoms with Gasteiger partial charge in [0.05, 0.1) is 0 Å². The molecule has 79 valence electrons. The van der Waals surface area contributed by atoms with Gasteiger partial charge >= 0.3 is 12.4 Å². The van der Waals surface area contributed by atoms with Crippen LogP contribution in [0, 0.1) is 6.92 Å². The molecule has 0 aliphatic rings. The number of rotatable bonds is 3. The van der Waals surface area contributed by atoms with Gasteiger partial charge in [-0.25, -0.2) is 0 Å². The first-order valence-corrected chi connectivity index (χ1v) is 3.24. The van der Waals surface area contributed by atoms with E-state index >= 15 is 0 Å². The Labute approximate surface area is 70.7 Å². The lowest BCUT2D eigenvalue weighted by atomic mass is 10.3. The molecule has 0 aliphatic heterocycles. The van der Waals surface area contributed by atoms with Crippen LogP contribution in [0.3, 0.4) is 0 Å². The summed E-state index contributed by atoms with van der Waals surface area (Å²) in [4.78, 5) is 0. The fraction of sp³-hybridized carbons (Fsp3) is 0.833. The number of alkyl halides is 6. The molecule has 0 saturated heterocycles. The third-order valence-corrected chi connectivity index (χ3v) is 1.02. The summed E-state index contributed by atoms with van der Waals surface area (Å²) in [6, 6.07) is 0. The van der Waals surface area contributed by atoms with Crippen molar-refractivity contribution in [1.82, 2.24) is 0 Å². The molecule has 1 nitrogen and oxygen atoms in total. The van der Waals surface area contributed by atoms with E-state index in [-0.39, 0.29) is 6.42 Å². The molecule has 0 amide bonds. The van der Waals surface area contributed by atoms with Gasteiger partial charge in [0.15, 0.2) is 0 Å². The monoisotopic (exact) mass is 209 g/mol. The maximum absolute atomic E-state index is 11.7. The van der Waals surface area contributed by atoms with Crippen molar-refractivity contribution in [1.29, 1.82) is 0 Å². The topological polar surface area (TPSA) is 9.23 Å². The van der Waals surface area contributed by atoms with Crippen molar-refractivity contribution in [2.45, 2.75) is 24.9 Å². The summed E-state index contributed by atoms with van der Waals surface area (Å²) in [5.74, 6) is 0. The van der Waals surface area contributed by atoms with Gasteiger partial charge < -0.3 is 4.74 Å². The second-order valence-corrected chi connectivity index (χ2v) is 2.19. The van der Waals surface area contributed by atoms with Crippen LogP contribution in [0.2, 0.25) is 0 Å². The van der Waals surface area contributed by atoms with E-state index in [9.17, 15) is 26.3 Å². The Bertz CT molecular complexity index is 134. The van der Waals surface area contributed by atoms with Crippen LogP contribution in [0.15, 0.2) is 0 Å². The average molecular weight is 209 g/mol. The molecule has 7 heteroatoms. The molecule has 0 aliphatic carbocycles. The van der Waals surface area contributed by atoms with Crippen LogP contribution in [0.5, 0.6) is 0 Å². The second kappa shape index (κ2) is 4.17. The SMILES string of the molecule is [CH2]CCOC(C(F)(F)F)C(F)(F)F. The fourth-order valence-corrected chi connectivity index (χ4v) is 0.576. The lowest BCUT2D eigenvalue weighted by Gasteiger charge is -2.22. The van der Waals surface area contributed by atoms with Crippen LogP contribution in [0.4, 0.5) is 26.3 Å². The lowest BCUT2D eigenvalue weighted by Crippen LogP contribution is -2.44. The number of hydrogen-bond acceptors (Lipinski definition) is 1. The van der Waals surface area contributed by atoms with E-state index in [0.717, 1.165) is 0 Å². The van der Waals surface area contributed by atoms with Crippen molar-refractivity contribution in [2.75, 3.05) is 6.61 Å². The van der Waals surface area contributed by atoms with Gasteiger partial charge in [-0.05, 0) is 6.42 Å². The zero-order chi connectivity index (χ0) is 10.7. The van der Waals surface area contributed by atoms with Gasteiger partial charge in [0.25, 0.3) is 0 Å². The van der Waals surface area contributed by atoms with Crippen LogP contribution < -0.4 is 0 Å². The first kappa shape index (κ1) is 12.5. The highest BCUT2D eigenvalue weighted by atomic mass is 19.4. The van der Waals surface area contributed by atoms with E-state index in [0.29, 0.717) is 0 Å². The van der Waals surface area contributed by atoms with Gasteiger partial charge in [-0.15, -0.1) is 0 Å². The molecule has 0 spiro atoms. The van der Waals surface area contributed by atoms with Gasteiger partial charge in [0.2, 0.25) is 6.10 Å². The third-order valence-electron chi connectivity index (χ3n) is 1.02. The zero-order valence-corrected chi connectivity index (χ0v) is 6.37. The molecule has 0 rings (SSSR count). The molecule has 0 aromatic heterocycles. The Morgan fingerprint density at radius 1 is 1.00 bits per heavy atom. The standard InChI is InChI=1S/C6H7F6O/c1-2-3-13-4(5(7,8)9)6(10,11)12/h4H,1-3H2. The molecule has 1 radical (unpaired) electrons. The van der Waals surface area contributed by atoms with Gasteiger partial charge in [-0.1, -0.05) is 6.92 Å². The summed E-state index contributed by atoms with van der Waals surface area (Å²) in [5, 5.41) is 0. The van der Waals surface area contributed by atoms with E-state index in [1.807, 2.05) is 0 Å². The van der Waals surface area contributed by atoms with Crippen LogP contribution in [-0.2, 0) is 4.74 Å². The van der Waals surface area contributed by atoms with Crippen LogP contribution >= 0.6 is 0 Å². The molecule has 0 saturated carbocycles. The molecule has 0 bridgehead atoms. The maximum atomic E-state index is 11.7. The first-order valence-electron chi connectivity index (χ1n) is 3.24. The van der Waals surface area contributed by atoms with Crippen molar-refractivity contribution in [3.8, 4) is 0 Å². The van der Waals surface area contributed by atoms with E-state index in [1.165, 1.54) is 0 Å². The largest absolute Gasteiger partial charge is 0.423 e. The Balaban J connectivity index is 4.39. The molecular weight excluding hydrogens is 202 g/mol. The van der Waals surface area contributed by atoms with Gasteiger partial charge in [0, 0.05) is 6.61 Å². The van der Waals surface area contributed by atoms with Crippen LogP contribution in [0.1, 0.15) is 6.42 Å². The highest BCUT2D eigenvalue weighted by molar-refractivity contribution is 4.75. The van der Waals surface area contributed by atoms with Crippen molar-refractivity contribution in [2.24, 2.45) is 0 Å². The summed E-state index contributed by atoms with van der Waals surface area (Å²) in [7, 11) is 0. The van der Waals surface area contributed by atoms with Crippen molar-refractivity contribution >= 4 is 0 Å². The number of halogens is 6. The third kappa shape index (κ3) is 4.35. The molecular formula is C6H7F6O. The Hall–Kier alpha value is -0.460. The molecule has 0 aromatic rings. The van der Waals surface area contributed by atoms with Crippen molar-refractivity contribution in [3.63, 3.8) is 0 Å². The van der Waals surface area contributed by atoms with E-state index < -0.39 is 25.1 Å². The lowest BCUT2D eigenvalue weighted by molar-refractivity contribution is -0.321. The minimum absolute atomic E-state index is 0.150. The molecule has 13 heavy (non-hydrogen) atoms. The van der Waals surface area contributed by atoms with Crippen LogP contribution in [-0.4, -0.2) is 25.1 Å². The van der Waals surface area contributed by atoms with Gasteiger partial charge in [-0.2, -0.15) is 26.3 Å². The molecule has 0 heterocycles. The zero-order valence-electron chi connectivity index (χ0n) is 6.37. The second-order valence-electron chi connectivity index (χ2n) is 2.19. The summed E-state index contributed by atoms with van der Waals surface area (Å²) < 4.78 is 73.7. The van der Waals surface area contributed by atoms with E-state index in [1.54, 1.807) is 0 Å². The van der Waals surface area contributed by atoms with E-state index in [2.05, 4.69) is 11.7 Å². The minimum atomic E-state index is -5.42. The smallest absolute Gasteiger partial charge is 0.361 e. The molecule has 0 N–H and O–H groups in total. The summed E-state index contributed by atoms with van der Waals surface area (Å²) in [6.45, 7) is 2.39. The Kier molecular flexibility index (Phi) is 4.02. The Morgan fingerprint density at radius 2 is 1.38 bits per heavy atom. The highest BCUT2D eigenvalue weighted by Gasteiger charge is 2.57. The summed E-state index contributed by atoms with van der Waals surface area (Å²) in [6.07, 6.45) is -14.7. The van der Waals surface area contributed by atoms with Crippen molar-refractivity contribution < 1.29 is 31.1 Å². The maximum Gasteiger partial charge on any atom is 0.423 e. The summed E-state index contributed by atoms with van der Waals surface area (Å²) >= 11 is 0. The predicted molar refractivity (Wildman–Crippen MR) is 31.8 cm³/mol. The molecule has 0 unspecified atom stereocenters. The van der Waals surface area contributed by atoms with Gasteiger partial charge in [-0.3, -0.25) is 0 Å². The van der Waals surface area contributed by atoms with E-state index in [4.69, 9.17) is 0 Å². The minimum Gasteiger partial charge on any atom is -0.361 e. The highest BCUT2D eigenvalue weighted by Crippen LogP contribution is 2.35. The predicted octanol–water partition coefficient (Wildman–Crippen LogP) is 2.72. The quantitative estimate of drug-likeness (QED) is 0.649. The normalized spacial score (nSPS) is 13.8. The molecule has 0 aromatic carbocycles. The first-order chi connectivity index (χ1) is 5.69. The average Bonchev–Trinajstić information content (AvgIpc) is 1.81. The molecule has 0 fully saturated rings. The molecule has 0 atom stereocenters. The number of hydrogen-bond donors (Lipinski definition) is 0.